The topological polar surface area (TPSA) is 100 Å². The fourth-order valence-electron chi connectivity index (χ4n) is 2.17. The molecule has 0 saturated carbocycles. The zero-order valence-electron chi connectivity index (χ0n) is 15.3. The maximum Gasteiger partial charge on any atom is 0.348 e. The molecule has 0 aromatic heterocycles. The number of nitriles is 2. The number of carbonyl (C=O) groups is 2. The van der Waals surface area contributed by atoms with Crippen LogP contribution in [0.25, 0.3) is 12.2 Å². The van der Waals surface area contributed by atoms with Gasteiger partial charge in [0, 0.05) is 0 Å². The summed E-state index contributed by atoms with van der Waals surface area (Å²) in [5.41, 5.74) is 2.72. The van der Waals surface area contributed by atoms with Crippen LogP contribution in [-0.2, 0) is 19.1 Å². The molecule has 0 aliphatic carbocycles. The standard InChI is InChI=1S/C20H20N2O4/c1-5-25-19(23)17(11-21)9-15-7-14(4)16(8-13(15)3)10-18(12-22)20(24)26-6-2/h7-10H,5-6H2,1-4H3. The van der Waals surface area contributed by atoms with Gasteiger partial charge < -0.3 is 9.47 Å². The van der Waals surface area contributed by atoms with Crippen molar-refractivity contribution in [2.75, 3.05) is 13.2 Å². The molecule has 0 radical (unpaired) electrons. The number of esters is 2. The molecular formula is C20H20N2O4. The van der Waals surface area contributed by atoms with Gasteiger partial charge in [0.2, 0.25) is 0 Å². The van der Waals surface area contributed by atoms with Gasteiger partial charge >= 0.3 is 11.9 Å². The number of hydrogen-bond acceptors (Lipinski definition) is 6. The normalized spacial score (nSPS) is 11.3. The first-order valence-electron chi connectivity index (χ1n) is 8.06. The molecule has 0 aliphatic heterocycles. The lowest BCUT2D eigenvalue weighted by Crippen LogP contribution is -2.07. The Morgan fingerprint density at radius 3 is 1.50 bits per heavy atom. The minimum absolute atomic E-state index is 0.0955. The van der Waals surface area contributed by atoms with E-state index in [0.717, 1.165) is 11.1 Å². The van der Waals surface area contributed by atoms with E-state index in [1.165, 1.54) is 12.2 Å². The van der Waals surface area contributed by atoms with Crippen molar-refractivity contribution in [2.45, 2.75) is 27.7 Å². The van der Waals surface area contributed by atoms with Crippen LogP contribution < -0.4 is 0 Å². The minimum atomic E-state index is -0.676. The first-order valence-corrected chi connectivity index (χ1v) is 8.06. The van der Waals surface area contributed by atoms with Crippen LogP contribution in [0.3, 0.4) is 0 Å². The van der Waals surface area contributed by atoms with Crippen molar-refractivity contribution in [2.24, 2.45) is 0 Å². The molecule has 1 rings (SSSR count). The Morgan fingerprint density at radius 1 is 0.885 bits per heavy atom. The molecule has 0 fully saturated rings. The largest absolute Gasteiger partial charge is 0.462 e. The van der Waals surface area contributed by atoms with Gasteiger partial charge in [-0.1, -0.05) is 12.1 Å². The Labute approximate surface area is 152 Å². The van der Waals surface area contributed by atoms with Crippen molar-refractivity contribution in [3.8, 4) is 12.1 Å². The van der Waals surface area contributed by atoms with Crippen molar-refractivity contribution < 1.29 is 19.1 Å². The SMILES string of the molecule is CCOC(=O)C(C#N)=Cc1cc(C)c(C=C(C#N)C(=O)OCC)cc1C. The van der Waals surface area contributed by atoms with Gasteiger partial charge in [0.15, 0.2) is 0 Å². The van der Waals surface area contributed by atoms with Crippen molar-refractivity contribution in [1.29, 1.82) is 10.5 Å². The molecule has 0 atom stereocenters. The predicted octanol–water partition coefficient (Wildman–Crippen LogP) is 3.24. The van der Waals surface area contributed by atoms with Crippen LogP contribution in [0.2, 0.25) is 0 Å². The fourth-order valence-corrected chi connectivity index (χ4v) is 2.17. The van der Waals surface area contributed by atoms with E-state index in [-0.39, 0.29) is 24.4 Å². The van der Waals surface area contributed by atoms with Gasteiger partial charge in [-0.05, 0) is 62.1 Å². The summed E-state index contributed by atoms with van der Waals surface area (Å²) in [7, 11) is 0. The van der Waals surface area contributed by atoms with E-state index >= 15 is 0 Å². The van der Waals surface area contributed by atoms with Crippen LogP contribution in [0.5, 0.6) is 0 Å². The van der Waals surface area contributed by atoms with Gasteiger partial charge in [0.05, 0.1) is 13.2 Å². The monoisotopic (exact) mass is 352 g/mol. The third-order valence-electron chi connectivity index (χ3n) is 3.49. The van der Waals surface area contributed by atoms with Gasteiger partial charge in [0.1, 0.15) is 23.3 Å². The second kappa shape index (κ2) is 9.80. The van der Waals surface area contributed by atoms with Crippen molar-refractivity contribution in [3.05, 3.63) is 45.5 Å². The molecule has 1 aromatic carbocycles. The molecular weight excluding hydrogens is 332 g/mol. The molecule has 0 bridgehead atoms. The van der Waals surface area contributed by atoms with E-state index in [9.17, 15) is 9.59 Å². The van der Waals surface area contributed by atoms with Crippen LogP contribution in [0, 0.1) is 36.5 Å². The fraction of sp³-hybridized carbons (Fsp3) is 0.300. The van der Waals surface area contributed by atoms with E-state index in [2.05, 4.69) is 0 Å². The van der Waals surface area contributed by atoms with E-state index in [1.54, 1.807) is 39.8 Å². The summed E-state index contributed by atoms with van der Waals surface area (Å²) in [5, 5.41) is 18.3. The molecule has 0 unspecified atom stereocenters. The molecule has 1 aromatic rings. The highest BCUT2D eigenvalue weighted by Crippen LogP contribution is 2.21. The number of aryl methyl sites for hydroxylation is 2. The summed E-state index contributed by atoms with van der Waals surface area (Å²) in [5.74, 6) is -1.35. The summed E-state index contributed by atoms with van der Waals surface area (Å²) in [4.78, 5) is 23.5. The van der Waals surface area contributed by atoms with Crippen LogP contribution in [0.4, 0.5) is 0 Å². The summed E-state index contributed by atoms with van der Waals surface area (Å²) in [6, 6.07) is 7.23. The van der Waals surface area contributed by atoms with Crippen molar-refractivity contribution in [3.63, 3.8) is 0 Å². The van der Waals surface area contributed by atoms with Crippen LogP contribution in [0.15, 0.2) is 23.3 Å². The molecule has 26 heavy (non-hydrogen) atoms. The Bertz CT molecular complexity index is 780. The Balaban J connectivity index is 3.32. The molecule has 6 heteroatoms. The van der Waals surface area contributed by atoms with Gasteiger partial charge in [0.25, 0.3) is 0 Å². The van der Waals surface area contributed by atoms with E-state index in [1.807, 2.05) is 12.1 Å². The molecule has 0 aliphatic rings. The Hall–Kier alpha value is -3.38. The summed E-state index contributed by atoms with van der Waals surface area (Å²) in [6.45, 7) is 7.31. The van der Waals surface area contributed by atoms with Crippen molar-refractivity contribution >= 4 is 24.1 Å². The highest BCUT2D eigenvalue weighted by molar-refractivity contribution is 5.99. The lowest BCUT2D eigenvalue weighted by molar-refractivity contribution is -0.138. The summed E-state index contributed by atoms with van der Waals surface area (Å²) in [6.07, 6.45) is 2.93. The maximum absolute atomic E-state index is 11.8. The van der Waals surface area contributed by atoms with Crippen LogP contribution in [-0.4, -0.2) is 25.2 Å². The number of rotatable bonds is 6. The van der Waals surface area contributed by atoms with Gasteiger partial charge in [-0.2, -0.15) is 10.5 Å². The van der Waals surface area contributed by atoms with Crippen LogP contribution >= 0.6 is 0 Å². The lowest BCUT2D eigenvalue weighted by atomic mass is 9.97. The average Bonchev–Trinajstić information content (AvgIpc) is 2.60. The Kier molecular flexibility index (Phi) is 7.79. The van der Waals surface area contributed by atoms with Crippen molar-refractivity contribution in [1.82, 2.24) is 0 Å². The smallest absolute Gasteiger partial charge is 0.348 e. The van der Waals surface area contributed by atoms with E-state index in [4.69, 9.17) is 20.0 Å². The zero-order valence-corrected chi connectivity index (χ0v) is 15.3. The highest BCUT2D eigenvalue weighted by Gasteiger charge is 2.13. The maximum atomic E-state index is 11.8. The van der Waals surface area contributed by atoms with Gasteiger partial charge in [-0.15, -0.1) is 0 Å². The zero-order chi connectivity index (χ0) is 19.7. The third kappa shape index (κ3) is 5.32. The van der Waals surface area contributed by atoms with E-state index < -0.39 is 11.9 Å². The number of carbonyl (C=O) groups excluding carboxylic acids is 2. The number of benzene rings is 1. The second-order valence-corrected chi connectivity index (χ2v) is 5.35. The summed E-state index contributed by atoms with van der Waals surface area (Å²) < 4.78 is 9.70. The van der Waals surface area contributed by atoms with Gasteiger partial charge in [-0.25, -0.2) is 9.59 Å². The quantitative estimate of drug-likeness (QED) is 0.442. The molecule has 0 N–H and O–H groups in total. The lowest BCUT2D eigenvalue weighted by Gasteiger charge is -2.08. The molecule has 0 spiro atoms. The highest BCUT2D eigenvalue weighted by atomic mass is 16.5. The molecule has 0 saturated heterocycles. The van der Waals surface area contributed by atoms with Gasteiger partial charge in [-0.3, -0.25) is 0 Å². The molecule has 0 heterocycles. The number of ether oxygens (including phenoxy) is 2. The predicted molar refractivity (Wildman–Crippen MR) is 96.4 cm³/mol. The third-order valence-corrected chi connectivity index (χ3v) is 3.49. The minimum Gasteiger partial charge on any atom is -0.462 e. The van der Waals surface area contributed by atoms with Crippen LogP contribution in [0.1, 0.15) is 36.1 Å². The first kappa shape index (κ1) is 20.7. The molecule has 134 valence electrons. The number of nitrogens with zero attached hydrogens (tertiary/aromatic N) is 2. The summed E-state index contributed by atoms with van der Waals surface area (Å²) >= 11 is 0. The molecule has 0 amide bonds. The van der Waals surface area contributed by atoms with E-state index in [0.29, 0.717) is 11.1 Å². The second-order valence-electron chi connectivity index (χ2n) is 5.35. The Morgan fingerprint density at radius 2 is 1.23 bits per heavy atom. The molecule has 6 nitrogen and oxygen atoms in total. The average molecular weight is 352 g/mol. The first-order chi connectivity index (χ1) is 12.4. The number of hydrogen-bond donors (Lipinski definition) is 0.